The van der Waals surface area contributed by atoms with E-state index in [0.717, 1.165) is 17.2 Å². The van der Waals surface area contributed by atoms with Crippen molar-refractivity contribution in [2.24, 2.45) is 0 Å². The number of carbonyl (C=O) groups excluding carboxylic acids is 1. The molecule has 0 fully saturated rings. The van der Waals surface area contributed by atoms with Crippen LogP contribution >= 0.6 is 0 Å². The van der Waals surface area contributed by atoms with Crippen LogP contribution in [0.25, 0.3) is 0 Å². The topological polar surface area (TPSA) is 96.2 Å². The van der Waals surface area contributed by atoms with Gasteiger partial charge in [-0.3, -0.25) is 4.79 Å². The van der Waals surface area contributed by atoms with Crippen molar-refractivity contribution in [1.29, 1.82) is 0 Å². The maximum atomic E-state index is 12.4. The Morgan fingerprint density at radius 3 is 2.62 bits per heavy atom. The molecular weight excluding hydrogens is 336 g/mol. The summed E-state index contributed by atoms with van der Waals surface area (Å²) in [6.07, 6.45) is -0.629. The van der Waals surface area contributed by atoms with Crippen LogP contribution in [0.2, 0.25) is 0 Å². The van der Waals surface area contributed by atoms with E-state index in [4.69, 9.17) is 9.47 Å². The van der Waals surface area contributed by atoms with Crippen molar-refractivity contribution in [2.45, 2.75) is 44.5 Å². The molecule has 0 amide bonds. The molecule has 136 valence electrons. The maximum absolute atomic E-state index is 12.4. The molecule has 0 aliphatic carbocycles. The molecule has 0 spiro atoms. The molecule has 0 unspecified atom stereocenters. The predicted octanol–water partition coefficient (Wildman–Crippen LogP) is 2.88. The quantitative estimate of drug-likeness (QED) is 0.727. The zero-order chi connectivity index (χ0) is 18.6. The first kappa shape index (κ1) is 16.7. The number of benzene rings is 2. The number of ketones is 1. The van der Waals surface area contributed by atoms with Crippen molar-refractivity contribution < 1.29 is 29.6 Å². The van der Waals surface area contributed by atoms with Crippen molar-refractivity contribution in [3.8, 4) is 23.0 Å². The number of hydrogen-bond donors (Lipinski definition) is 3. The van der Waals surface area contributed by atoms with E-state index < -0.39 is 17.8 Å². The van der Waals surface area contributed by atoms with Crippen molar-refractivity contribution in [3.63, 3.8) is 0 Å². The molecule has 2 aliphatic rings. The standard InChI is InChI=1S/C20H20O6/c1-20(2)18(24)6-11-5-10(3-4-15(11)26-20)16-9-14(23)19-13(22)7-12(21)8-17(19)25-16/h3-5,7-8,16,18,21-22,24H,6,9H2,1-2H3/t16-,18-/m1/s1. The van der Waals surface area contributed by atoms with Crippen molar-refractivity contribution in [3.05, 3.63) is 47.0 Å². The van der Waals surface area contributed by atoms with Crippen LogP contribution in [0.1, 0.15) is 47.9 Å². The highest BCUT2D eigenvalue weighted by Crippen LogP contribution is 2.43. The lowest BCUT2D eigenvalue weighted by atomic mass is 9.88. The third-order valence-electron chi connectivity index (χ3n) is 5.03. The minimum Gasteiger partial charge on any atom is -0.508 e. The lowest BCUT2D eigenvalue weighted by molar-refractivity contribution is -0.0412. The van der Waals surface area contributed by atoms with Gasteiger partial charge in [-0.2, -0.15) is 0 Å². The van der Waals surface area contributed by atoms with E-state index in [2.05, 4.69) is 0 Å². The normalized spacial score (nSPS) is 23.4. The molecule has 4 rings (SSSR count). The number of fused-ring (bicyclic) bond motifs is 2. The van der Waals surface area contributed by atoms with Crippen LogP contribution < -0.4 is 9.47 Å². The van der Waals surface area contributed by atoms with E-state index in [-0.39, 0.29) is 35.0 Å². The summed E-state index contributed by atoms with van der Waals surface area (Å²) in [5, 5.41) is 29.8. The fourth-order valence-electron chi connectivity index (χ4n) is 3.48. The van der Waals surface area contributed by atoms with Crippen molar-refractivity contribution >= 4 is 5.78 Å². The molecule has 3 N–H and O–H groups in total. The van der Waals surface area contributed by atoms with Crippen LogP contribution in [0.5, 0.6) is 23.0 Å². The molecule has 6 heteroatoms. The van der Waals surface area contributed by atoms with Gasteiger partial charge in [0.1, 0.15) is 40.3 Å². The molecule has 0 radical (unpaired) electrons. The maximum Gasteiger partial charge on any atom is 0.174 e. The second kappa shape index (κ2) is 5.64. The van der Waals surface area contributed by atoms with Gasteiger partial charge in [0.2, 0.25) is 0 Å². The van der Waals surface area contributed by atoms with Gasteiger partial charge < -0.3 is 24.8 Å². The van der Waals surface area contributed by atoms with E-state index in [1.54, 1.807) is 0 Å². The van der Waals surface area contributed by atoms with Crippen LogP contribution in [-0.4, -0.2) is 32.8 Å². The Labute approximate surface area is 150 Å². The first-order chi connectivity index (χ1) is 12.2. The number of aliphatic hydroxyl groups is 1. The highest BCUT2D eigenvalue weighted by atomic mass is 16.5. The number of aromatic hydroxyl groups is 2. The molecule has 2 aromatic carbocycles. The zero-order valence-corrected chi connectivity index (χ0v) is 14.5. The summed E-state index contributed by atoms with van der Waals surface area (Å²) in [6.45, 7) is 3.68. The largest absolute Gasteiger partial charge is 0.508 e. The Hall–Kier alpha value is -2.73. The van der Waals surface area contributed by atoms with Gasteiger partial charge in [-0.25, -0.2) is 0 Å². The number of aliphatic hydroxyl groups excluding tert-OH is 1. The van der Waals surface area contributed by atoms with E-state index in [9.17, 15) is 20.1 Å². The van der Waals surface area contributed by atoms with Gasteiger partial charge in [-0.05, 0) is 37.1 Å². The molecule has 2 atom stereocenters. The minimum atomic E-state index is -0.653. The van der Waals surface area contributed by atoms with E-state index in [1.807, 2.05) is 32.0 Å². The highest BCUT2D eigenvalue weighted by molar-refractivity contribution is 6.02. The number of Topliss-reactive ketones (excluding diaryl/α,β-unsaturated/α-hetero) is 1. The molecule has 2 aliphatic heterocycles. The summed E-state index contributed by atoms with van der Waals surface area (Å²) < 4.78 is 11.7. The van der Waals surface area contributed by atoms with Gasteiger partial charge in [0.05, 0.1) is 12.5 Å². The van der Waals surface area contributed by atoms with Crippen LogP contribution in [0.4, 0.5) is 0 Å². The Balaban J connectivity index is 1.67. The summed E-state index contributed by atoms with van der Waals surface area (Å²) in [7, 11) is 0. The average molecular weight is 356 g/mol. The Kier molecular flexibility index (Phi) is 3.63. The Bertz CT molecular complexity index is 901. The highest BCUT2D eigenvalue weighted by Gasteiger charge is 2.37. The predicted molar refractivity (Wildman–Crippen MR) is 92.9 cm³/mol. The molecule has 2 aromatic rings. The zero-order valence-electron chi connectivity index (χ0n) is 14.5. The molecule has 0 saturated carbocycles. The van der Waals surface area contributed by atoms with Crippen molar-refractivity contribution in [2.75, 3.05) is 0 Å². The third-order valence-corrected chi connectivity index (χ3v) is 5.03. The summed E-state index contributed by atoms with van der Waals surface area (Å²) >= 11 is 0. The Morgan fingerprint density at radius 1 is 1.08 bits per heavy atom. The Morgan fingerprint density at radius 2 is 1.85 bits per heavy atom. The fraction of sp³-hybridized carbons (Fsp3) is 0.350. The van der Waals surface area contributed by atoms with E-state index in [0.29, 0.717) is 12.2 Å². The molecular formula is C20H20O6. The number of ether oxygens (including phenoxy) is 2. The summed E-state index contributed by atoms with van der Waals surface area (Å²) in [5.41, 5.74) is 1.08. The first-order valence-electron chi connectivity index (χ1n) is 8.50. The number of carbonyl (C=O) groups is 1. The van der Waals surface area contributed by atoms with Crippen LogP contribution in [0.3, 0.4) is 0 Å². The number of rotatable bonds is 1. The molecule has 26 heavy (non-hydrogen) atoms. The molecule has 2 heterocycles. The van der Waals surface area contributed by atoms with E-state index >= 15 is 0 Å². The van der Waals surface area contributed by atoms with Gasteiger partial charge in [0.15, 0.2) is 5.78 Å². The van der Waals surface area contributed by atoms with Gasteiger partial charge in [-0.1, -0.05) is 6.07 Å². The van der Waals surface area contributed by atoms with Gasteiger partial charge in [-0.15, -0.1) is 0 Å². The van der Waals surface area contributed by atoms with Crippen LogP contribution in [0.15, 0.2) is 30.3 Å². The fourth-order valence-corrected chi connectivity index (χ4v) is 3.48. The SMILES string of the molecule is CC1(C)Oc2ccc([C@H]3CC(=O)c4c(O)cc(O)cc4O3)cc2C[C@H]1O. The average Bonchev–Trinajstić information content (AvgIpc) is 2.54. The van der Waals surface area contributed by atoms with Gasteiger partial charge in [0, 0.05) is 18.6 Å². The lowest BCUT2D eigenvalue weighted by Gasteiger charge is -2.37. The minimum absolute atomic E-state index is 0.0824. The smallest absolute Gasteiger partial charge is 0.174 e. The molecule has 6 nitrogen and oxygen atoms in total. The van der Waals surface area contributed by atoms with Crippen LogP contribution in [0, 0.1) is 0 Å². The first-order valence-corrected chi connectivity index (χ1v) is 8.50. The molecule has 0 bridgehead atoms. The second-order valence-corrected chi connectivity index (χ2v) is 7.36. The van der Waals surface area contributed by atoms with Gasteiger partial charge >= 0.3 is 0 Å². The molecule has 0 saturated heterocycles. The summed E-state index contributed by atoms with van der Waals surface area (Å²) in [6, 6.07) is 7.98. The lowest BCUT2D eigenvalue weighted by Crippen LogP contribution is -2.46. The van der Waals surface area contributed by atoms with E-state index in [1.165, 1.54) is 6.07 Å². The number of phenolic OH excluding ortho intramolecular Hbond substituents is 2. The second-order valence-electron chi connectivity index (χ2n) is 7.36. The third kappa shape index (κ3) is 2.66. The van der Waals surface area contributed by atoms with Crippen LogP contribution in [-0.2, 0) is 6.42 Å². The monoisotopic (exact) mass is 356 g/mol. The summed E-state index contributed by atoms with van der Waals surface area (Å²) in [5.74, 6) is 0.177. The number of phenols is 2. The summed E-state index contributed by atoms with van der Waals surface area (Å²) in [4.78, 5) is 12.4. The number of hydrogen-bond acceptors (Lipinski definition) is 6. The van der Waals surface area contributed by atoms with Gasteiger partial charge in [0.25, 0.3) is 0 Å². The van der Waals surface area contributed by atoms with Crippen molar-refractivity contribution in [1.82, 2.24) is 0 Å². The molecule has 0 aromatic heterocycles.